The lowest BCUT2D eigenvalue weighted by molar-refractivity contribution is -0.135. The Labute approximate surface area is 175 Å². The summed E-state index contributed by atoms with van der Waals surface area (Å²) >= 11 is 1.52. The van der Waals surface area contributed by atoms with Crippen LogP contribution in [0, 0.1) is 11.8 Å². The van der Waals surface area contributed by atoms with Gasteiger partial charge in [0.25, 0.3) is 0 Å². The van der Waals surface area contributed by atoms with Gasteiger partial charge >= 0.3 is 5.97 Å². The molecule has 1 aromatic rings. The number of para-hydroxylation sites is 1. The molecule has 158 valence electrons. The number of fused-ring (bicyclic) bond motifs is 1. The third-order valence-electron chi connectivity index (χ3n) is 6.44. The van der Waals surface area contributed by atoms with E-state index in [0.29, 0.717) is 24.6 Å². The normalized spacial score (nSPS) is 34.0. The number of likely N-dealkylation sites (N-methyl/N-ethyl adjacent to an activating group) is 1. The summed E-state index contributed by atoms with van der Waals surface area (Å²) in [6, 6.07) is 9.81. The van der Waals surface area contributed by atoms with Gasteiger partial charge in [-0.1, -0.05) is 18.2 Å². The molecule has 0 radical (unpaired) electrons. The molecule has 1 saturated heterocycles. The number of hydrogen-bond acceptors (Lipinski definition) is 6. The summed E-state index contributed by atoms with van der Waals surface area (Å²) in [6.45, 7) is 0.654. The fourth-order valence-corrected chi connectivity index (χ4v) is 6.19. The highest BCUT2D eigenvalue weighted by Gasteiger charge is 2.48. The van der Waals surface area contributed by atoms with E-state index in [9.17, 15) is 15.0 Å². The van der Waals surface area contributed by atoms with Gasteiger partial charge in [0.15, 0.2) is 0 Å². The number of hydrogen-bond donors (Lipinski definition) is 2. The van der Waals surface area contributed by atoms with Gasteiger partial charge in [-0.05, 0) is 49.7 Å². The first-order valence-corrected chi connectivity index (χ1v) is 11.3. The van der Waals surface area contributed by atoms with Crippen LogP contribution in [0.4, 0.5) is 0 Å². The van der Waals surface area contributed by atoms with Crippen LogP contribution in [0.5, 0.6) is 5.75 Å². The first-order valence-electron chi connectivity index (χ1n) is 10.4. The van der Waals surface area contributed by atoms with Crippen LogP contribution in [0.2, 0.25) is 0 Å². The van der Waals surface area contributed by atoms with E-state index >= 15 is 0 Å². The molecule has 1 saturated carbocycles. The molecule has 4 rings (SSSR count). The summed E-state index contributed by atoms with van der Waals surface area (Å²) in [5.74, 6) is 0.613. The number of carbonyl (C=O) groups is 1. The highest BCUT2D eigenvalue weighted by molar-refractivity contribution is 8.03. The largest absolute Gasteiger partial charge is 0.494 e. The number of aliphatic hydroxyl groups excluding tert-OH is 1. The van der Waals surface area contributed by atoms with Gasteiger partial charge in [0, 0.05) is 18.9 Å². The van der Waals surface area contributed by atoms with E-state index in [1.54, 1.807) is 5.41 Å². The molecule has 7 heteroatoms. The van der Waals surface area contributed by atoms with Gasteiger partial charge in [0.1, 0.15) is 16.8 Å². The Balaban J connectivity index is 1.27. The molecule has 2 aliphatic heterocycles. The Morgan fingerprint density at radius 1 is 1.28 bits per heavy atom. The van der Waals surface area contributed by atoms with E-state index in [2.05, 4.69) is 0 Å². The fraction of sp³-hybridized carbons (Fsp3) is 0.591. The maximum Gasteiger partial charge on any atom is 0.352 e. The Morgan fingerprint density at radius 3 is 2.79 bits per heavy atom. The number of nitrogens with zero attached hydrogens (tertiary/aromatic N) is 1. The molecular formula is C22H29NO5S. The number of rotatable bonds is 7. The smallest absolute Gasteiger partial charge is 0.352 e. The predicted octanol–water partition coefficient (Wildman–Crippen LogP) is 3.32. The van der Waals surface area contributed by atoms with Crippen molar-refractivity contribution in [3.05, 3.63) is 41.4 Å². The van der Waals surface area contributed by atoms with Crippen LogP contribution in [-0.4, -0.2) is 58.4 Å². The fourth-order valence-electron chi connectivity index (χ4n) is 4.98. The van der Waals surface area contributed by atoms with Crippen molar-refractivity contribution in [1.82, 2.24) is 4.90 Å². The van der Waals surface area contributed by atoms with Crippen LogP contribution in [0.15, 0.2) is 41.4 Å². The Bertz CT molecular complexity index is 742. The summed E-state index contributed by atoms with van der Waals surface area (Å²) in [4.78, 5) is 13.1. The molecule has 0 bridgehead atoms. The molecule has 2 N–H and O–H groups in total. The molecule has 3 aliphatic rings. The zero-order valence-corrected chi connectivity index (χ0v) is 17.5. The summed E-state index contributed by atoms with van der Waals surface area (Å²) in [5, 5.41) is 21.6. The predicted molar refractivity (Wildman–Crippen MR) is 112 cm³/mol. The van der Waals surface area contributed by atoms with Gasteiger partial charge in [-0.15, -0.1) is 11.8 Å². The van der Waals surface area contributed by atoms with Crippen LogP contribution in [-0.2, 0) is 9.53 Å². The maximum absolute atomic E-state index is 11.3. The van der Waals surface area contributed by atoms with Crippen molar-refractivity contribution >= 4 is 17.7 Å². The minimum atomic E-state index is -0.898. The van der Waals surface area contributed by atoms with Crippen LogP contribution in [0.1, 0.15) is 32.1 Å². The lowest BCUT2D eigenvalue weighted by atomic mass is 9.84. The van der Waals surface area contributed by atoms with Gasteiger partial charge in [-0.2, -0.15) is 0 Å². The molecule has 0 spiro atoms. The van der Waals surface area contributed by atoms with Crippen molar-refractivity contribution in [1.29, 1.82) is 0 Å². The van der Waals surface area contributed by atoms with Crippen LogP contribution in [0.3, 0.4) is 0 Å². The number of carboxylic acid groups (broad SMARTS) is 1. The third-order valence-corrected chi connectivity index (χ3v) is 7.70. The number of benzene rings is 1. The first-order chi connectivity index (χ1) is 14.0. The standard InChI is InChI=1S/C22H29NO5S/c1-23-17(22(25)26)13-29-21(23)19-10-9-16-15(18(24)12-20(16)28-19)8-5-11-27-14-6-3-2-4-7-14/h2-4,6-7,13,15-16,18-21,24H,5,8-12H2,1H3,(H,25,26)/t15-,16-,18-,19-,20+,21?/m1/s1. The molecule has 29 heavy (non-hydrogen) atoms. The minimum Gasteiger partial charge on any atom is -0.494 e. The molecular weight excluding hydrogens is 390 g/mol. The average Bonchev–Trinajstić information content (AvgIpc) is 3.25. The molecule has 0 aromatic heterocycles. The zero-order chi connectivity index (χ0) is 20.4. The topological polar surface area (TPSA) is 79.2 Å². The second kappa shape index (κ2) is 8.98. The van der Waals surface area contributed by atoms with Crippen LogP contribution in [0.25, 0.3) is 0 Å². The van der Waals surface area contributed by atoms with Gasteiger partial charge in [0.05, 0.1) is 24.9 Å². The van der Waals surface area contributed by atoms with Crippen LogP contribution < -0.4 is 4.74 Å². The number of ether oxygens (including phenoxy) is 2. The molecule has 1 aromatic carbocycles. The van der Waals surface area contributed by atoms with Crippen molar-refractivity contribution in [2.45, 2.75) is 55.8 Å². The number of aliphatic carboxylic acids is 1. The second-order valence-corrected chi connectivity index (χ2v) is 9.16. The number of aliphatic hydroxyl groups is 1. The molecule has 1 aliphatic carbocycles. The molecule has 0 amide bonds. The van der Waals surface area contributed by atoms with E-state index in [4.69, 9.17) is 9.47 Å². The first kappa shape index (κ1) is 20.6. The number of thioether (sulfide) groups is 1. The number of carboxylic acids is 1. The quantitative estimate of drug-likeness (QED) is 0.656. The average molecular weight is 420 g/mol. The Kier molecular flexibility index (Phi) is 6.37. The molecule has 6 nitrogen and oxygen atoms in total. The van der Waals surface area contributed by atoms with Crippen molar-refractivity contribution in [3.8, 4) is 5.75 Å². The van der Waals surface area contributed by atoms with E-state index in [0.717, 1.165) is 31.4 Å². The van der Waals surface area contributed by atoms with Crippen molar-refractivity contribution in [2.24, 2.45) is 11.8 Å². The summed E-state index contributed by atoms with van der Waals surface area (Å²) < 4.78 is 12.2. The van der Waals surface area contributed by atoms with Gasteiger partial charge in [-0.25, -0.2) is 4.79 Å². The van der Waals surface area contributed by atoms with Gasteiger partial charge < -0.3 is 24.6 Å². The Morgan fingerprint density at radius 2 is 2.07 bits per heavy atom. The maximum atomic E-state index is 11.3. The monoisotopic (exact) mass is 419 g/mol. The molecule has 2 heterocycles. The summed E-state index contributed by atoms with van der Waals surface area (Å²) in [7, 11) is 1.82. The second-order valence-electron chi connectivity index (χ2n) is 8.17. The third kappa shape index (κ3) is 4.42. The van der Waals surface area contributed by atoms with E-state index in [-0.39, 0.29) is 29.6 Å². The molecule has 6 atom stereocenters. The summed E-state index contributed by atoms with van der Waals surface area (Å²) in [6.07, 6.45) is 4.16. The van der Waals surface area contributed by atoms with Gasteiger partial charge in [0.2, 0.25) is 0 Å². The molecule has 1 unspecified atom stereocenters. The van der Waals surface area contributed by atoms with E-state index < -0.39 is 5.97 Å². The highest BCUT2D eigenvalue weighted by Crippen LogP contribution is 2.46. The Hall–Kier alpha value is -1.70. The minimum absolute atomic E-state index is 0.00230. The summed E-state index contributed by atoms with van der Waals surface area (Å²) in [5.41, 5.74) is 0.327. The lowest BCUT2D eigenvalue weighted by Gasteiger charge is -2.39. The molecule has 2 fully saturated rings. The van der Waals surface area contributed by atoms with E-state index in [1.165, 1.54) is 11.8 Å². The van der Waals surface area contributed by atoms with E-state index in [1.807, 2.05) is 42.3 Å². The SMILES string of the molecule is CN1C(C(=O)O)=CSC1[C@H]1CC[C@@H]2[C@@H](CCCOc3ccccc3)[C@H](O)C[C@@H]2O1. The van der Waals surface area contributed by atoms with Crippen LogP contribution >= 0.6 is 11.8 Å². The van der Waals surface area contributed by atoms with Crippen molar-refractivity contribution < 1.29 is 24.5 Å². The zero-order valence-electron chi connectivity index (χ0n) is 16.6. The van der Waals surface area contributed by atoms with Gasteiger partial charge in [-0.3, -0.25) is 0 Å². The highest BCUT2D eigenvalue weighted by atomic mass is 32.2. The van der Waals surface area contributed by atoms with Crippen molar-refractivity contribution in [2.75, 3.05) is 13.7 Å². The lowest BCUT2D eigenvalue weighted by Crippen LogP contribution is -2.44. The van der Waals surface area contributed by atoms with Crippen molar-refractivity contribution in [3.63, 3.8) is 0 Å².